The fraction of sp³-hybridized carbons (Fsp3) is 0.517. The molecule has 2 aromatic rings. The summed E-state index contributed by atoms with van der Waals surface area (Å²) >= 11 is 0. The van der Waals surface area contributed by atoms with Crippen LogP contribution >= 0.6 is 0 Å². The molecule has 2 aliphatic rings. The SMILES string of the molecule is CNC(C)C(=O)N[C@H](C(=O)N1CCCC1c1cccc(Cc2ccccc2)c1)C1CCCCC1. The standard InChI is InChI=1S/C29H39N3O2/c1-21(30-2)28(33)31-27(24-14-7-4-8-15-24)29(34)32-18-10-17-26(32)25-16-9-13-23(20-25)19-22-11-5-3-6-12-22/h3,5-6,9,11-13,16,20-21,24,26-27,30H,4,7-8,10,14-15,17-19H2,1-2H3,(H,31,33)/t21?,26?,27-/m0/s1. The minimum Gasteiger partial charge on any atom is -0.343 e. The molecule has 0 radical (unpaired) electrons. The molecule has 2 amide bonds. The number of likely N-dealkylation sites (tertiary alicyclic amines) is 1. The van der Waals surface area contributed by atoms with E-state index in [1.165, 1.54) is 23.1 Å². The molecule has 5 heteroatoms. The van der Waals surface area contributed by atoms with E-state index in [2.05, 4.69) is 59.2 Å². The van der Waals surface area contributed by atoms with Crippen molar-refractivity contribution in [3.8, 4) is 0 Å². The number of carbonyl (C=O) groups excluding carboxylic acids is 2. The first-order chi connectivity index (χ1) is 16.6. The maximum atomic E-state index is 13.9. The van der Waals surface area contributed by atoms with Crippen LogP contribution in [-0.2, 0) is 16.0 Å². The van der Waals surface area contributed by atoms with Crippen molar-refractivity contribution in [1.82, 2.24) is 15.5 Å². The molecule has 2 N–H and O–H groups in total. The van der Waals surface area contributed by atoms with E-state index < -0.39 is 6.04 Å². The van der Waals surface area contributed by atoms with Gasteiger partial charge in [-0.05, 0) is 68.7 Å². The highest BCUT2D eigenvalue weighted by Gasteiger charge is 2.39. The molecule has 0 aromatic heterocycles. The third-order valence-corrected chi connectivity index (χ3v) is 7.63. The minimum absolute atomic E-state index is 0.0768. The van der Waals surface area contributed by atoms with Gasteiger partial charge in [0.25, 0.3) is 0 Å². The second-order valence-corrected chi connectivity index (χ2v) is 9.99. The summed E-state index contributed by atoms with van der Waals surface area (Å²) in [5.41, 5.74) is 3.76. The van der Waals surface area contributed by atoms with E-state index in [4.69, 9.17) is 0 Å². The predicted molar refractivity (Wildman–Crippen MR) is 136 cm³/mol. The van der Waals surface area contributed by atoms with Gasteiger partial charge in [-0.2, -0.15) is 0 Å². The average Bonchev–Trinajstić information content (AvgIpc) is 3.38. The molecule has 0 spiro atoms. The zero-order valence-electron chi connectivity index (χ0n) is 20.6. The van der Waals surface area contributed by atoms with E-state index in [0.717, 1.165) is 51.5 Å². The summed E-state index contributed by atoms with van der Waals surface area (Å²) < 4.78 is 0. The Hall–Kier alpha value is -2.66. The van der Waals surface area contributed by atoms with Crippen LogP contribution in [0.25, 0.3) is 0 Å². The van der Waals surface area contributed by atoms with Crippen molar-refractivity contribution in [2.75, 3.05) is 13.6 Å². The van der Waals surface area contributed by atoms with Crippen molar-refractivity contribution in [2.45, 2.75) is 76.4 Å². The highest BCUT2D eigenvalue weighted by atomic mass is 16.2. The number of hydrogen-bond acceptors (Lipinski definition) is 3. The summed E-state index contributed by atoms with van der Waals surface area (Å²) in [6.45, 7) is 2.60. The molecule has 2 fully saturated rings. The lowest BCUT2D eigenvalue weighted by Crippen LogP contribution is -2.55. The molecule has 34 heavy (non-hydrogen) atoms. The largest absolute Gasteiger partial charge is 0.343 e. The van der Waals surface area contributed by atoms with Crippen LogP contribution in [0.2, 0.25) is 0 Å². The van der Waals surface area contributed by atoms with Crippen molar-refractivity contribution >= 4 is 11.8 Å². The smallest absolute Gasteiger partial charge is 0.245 e. The van der Waals surface area contributed by atoms with Crippen molar-refractivity contribution in [2.24, 2.45) is 5.92 Å². The van der Waals surface area contributed by atoms with Crippen molar-refractivity contribution in [3.05, 3.63) is 71.3 Å². The van der Waals surface area contributed by atoms with Gasteiger partial charge in [-0.1, -0.05) is 73.9 Å². The summed E-state index contributed by atoms with van der Waals surface area (Å²) in [4.78, 5) is 28.8. The van der Waals surface area contributed by atoms with E-state index in [1.807, 2.05) is 17.9 Å². The second kappa shape index (κ2) is 11.7. The Balaban J connectivity index is 1.53. The fourth-order valence-electron chi connectivity index (χ4n) is 5.56. The number of likely N-dealkylation sites (N-methyl/N-ethyl adjacent to an activating group) is 1. The van der Waals surface area contributed by atoms with E-state index in [9.17, 15) is 9.59 Å². The number of rotatable bonds is 8. The topological polar surface area (TPSA) is 61.4 Å². The Labute approximate surface area is 204 Å². The molecule has 1 aliphatic carbocycles. The van der Waals surface area contributed by atoms with Gasteiger partial charge in [-0.3, -0.25) is 9.59 Å². The molecule has 2 unspecified atom stereocenters. The molecule has 5 nitrogen and oxygen atoms in total. The van der Waals surface area contributed by atoms with Crippen molar-refractivity contribution < 1.29 is 9.59 Å². The highest BCUT2D eigenvalue weighted by Crippen LogP contribution is 2.35. The molecule has 2 aromatic carbocycles. The van der Waals surface area contributed by atoms with Crippen LogP contribution in [0, 0.1) is 5.92 Å². The summed E-state index contributed by atoms with van der Waals surface area (Å²) in [5.74, 6) is 0.228. The quantitative estimate of drug-likeness (QED) is 0.603. The third-order valence-electron chi connectivity index (χ3n) is 7.63. The molecule has 182 valence electrons. The summed E-state index contributed by atoms with van der Waals surface area (Å²) in [6.07, 6.45) is 8.37. The van der Waals surface area contributed by atoms with Gasteiger partial charge in [0.15, 0.2) is 0 Å². The zero-order chi connectivity index (χ0) is 23.9. The summed E-state index contributed by atoms with van der Waals surface area (Å²) in [5, 5.41) is 6.14. The first-order valence-electron chi connectivity index (χ1n) is 13.0. The van der Waals surface area contributed by atoms with Crippen LogP contribution in [0.1, 0.15) is 74.6 Å². The molecule has 1 saturated carbocycles. The molecule has 1 saturated heterocycles. The van der Waals surface area contributed by atoms with Gasteiger partial charge in [0, 0.05) is 6.54 Å². The molecular formula is C29H39N3O2. The third kappa shape index (κ3) is 5.87. The Morgan fingerprint density at radius 2 is 1.68 bits per heavy atom. The van der Waals surface area contributed by atoms with Crippen LogP contribution in [0.4, 0.5) is 0 Å². The number of benzene rings is 2. The van der Waals surface area contributed by atoms with Gasteiger partial charge < -0.3 is 15.5 Å². The lowest BCUT2D eigenvalue weighted by molar-refractivity contribution is -0.139. The first-order valence-corrected chi connectivity index (χ1v) is 13.0. The molecule has 1 aliphatic heterocycles. The molecule has 1 heterocycles. The Morgan fingerprint density at radius 3 is 2.41 bits per heavy atom. The Kier molecular flexibility index (Phi) is 8.39. The number of amides is 2. The number of hydrogen-bond donors (Lipinski definition) is 2. The van der Waals surface area contributed by atoms with Crippen LogP contribution in [0.5, 0.6) is 0 Å². The molecular weight excluding hydrogens is 422 g/mol. The summed E-state index contributed by atoms with van der Waals surface area (Å²) in [7, 11) is 1.78. The van der Waals surface area contributed by atoms with E-state index >= 15 is 0 Å². The lowest BCUT2D eigenvalue weighted by atomic mass is 9.83. The minimum atomic E-state index is -0.434. The van der Waals surface area contributed by atoms with Crippen LogP contribution in [0.3, 0.4) is 0 Å². The molecule has 0 bridgehead atoms. The lowest BCUT2D eigenvalue weighted by Gasteiger charge is -2.35. The fourth-order valence-corrected chi connectivity index (χ4v) is 5.56. The average molecular weight is 462 g/mol. The van der Waals surface area contributed by atoms with Crippen LogP contribution < -0.4 is 10.6 Å². The van der Waals surface area contributed by atoms with Crippen LogP contribution in [-0.4, -0.2) is 42.4 Å². The number of nitrogens with zero attached hydrogens (tertiary/aromatic N) is 1. The monoisotopic (exact) mass is 461 g/mol. The number of carbonyl (C=O) groups is 2. The molecule has 4 rings (SSSR count). The van der Waals surface area contributed by atoms with Gasteiger partial charge in [0.05, 0.1) is 12.1 Å². The first kappa shape index (κ1) is 24.5. The predicted octanol–water partition coefficient (Wildman–Crippen LogP) is 4.61. The van der Waals surface area contributed by atoms with Crippen molar-refractivity contribution in [3.63, 3.8) is 0 Å². The second-order valence-electron chi connectivity index (χ2n) is 9.99. The maximum Gasteiger partial charge on any atom is 0.245 e. The van der Waals surface area contributed by atoms with Crippen LogP contribution in [0.15, 0.2) is 54.6 Å². The Bertz CT molecular complexity index is 955. The van der Waals surface area contributed by atoms with E-state index in [-0.39, 0.29) is 29.8 Å². The van der Waals surface area contributed by atoms with Gasteiger partial charge in [0.1, 0.15) is 6.04 Å². The van der Waals surface area contributed by atoms with Gasteiger partial charge >= 0.3 is 0 Å². The normalized spacial score (nSPS) is 20.6. The molecule has 3 atom stereocenters. The van der Waals surface area contributed by atoms with Gasteiger partial charge in [0.2, 0.25) is 11.8 Å². The van der Waals surface area contributed by atoms with Gasteiger partial charge in [-0.25, -0.2) is 0 Å². The highest BCUT2D eigenvalue weighted by molar-refractivity contribution is 5.90. The van der Waals surface area contributed by atoms with Gasteiger partial charge in [-0.15, -0.1) is 0 Å². The van der Waals surface area contributed by atoms with E-state index in [1.54, 1.807) is 7.05 Å². The Morgan fingerprint density at radius 1 is 0.941 bits per heavy atom. The zero-order valence-corrected chi connectivity index (χ0v) is 20.6. The number of nitrogens with one attached hydrogen (secondary N) is 2. The maximum absolute atomic E-state index is 13.9. The summed E-state index contributed by atoms with van der Waals surface area (Å²) in [6, 6.07) is 18.5. The van der Waals surface area contributed by atoms with E-state index in [0.29, 0.717) is 0 Å². The van der Waals surface area contributed by atoms with Crippen molar-refractivity contribution in [1.29, 1.82) is 0 Å².